The van der Waals surface area contributed by atoms with E-state index in [1.165, 1.54) is 38.5 Å². The maximum Gasteiger partial charge on any atom is 0.170 e. The molecule has 7 aliphatic rings. The van der Waals surface area contributed by atoms with Crippen LogP contribution in [0, 0.1) is 56.7 Å². The predicted molar refractivity (Wildman–Crippen MR) is 164 cm³/mol. The number of likely N-dealkylation sites (N-methyl/N-ethyl adjacent to an activating group) is 1. The number of ether oxygens (including phenoxy) is 3. The zero-order chi connectivity index (χ0) is 30.0. The van der Waals surface area contributed by atoms with Crippen molar-refractivity contribution < 1.29 is 24.4 Å². The van der Waals surface area contributed by atoms with E-state index in [-0.39, 0.29) is 46.8 Å². The smallest absolute Gasteiger partial charge is 0.170 e. The second kappa shape index (κ2) is 9.88. The molecule has 0 aromatic rings. The SMILES string of the molecule is CCN1CCOC(OC2CC[C@]34C[C@]35CC[C@]3(C)[C@@H]6C(OC([C@H](O)C(C)C)C[C@H]6C)[C@H](O)[C@@]3(C)C5CC[C@H]4C2(C)C)C1. The van der Waals surface area contributed by atoms with Gasteiger partial charge in [0, 0.05) is 18.5 Å². The molecule has 2 aliphatic heterocycles. The number of nitrogens with zero attached hydrogens (tertiary/aromatic N) is 1. The molecule has 240 valence electrons. The van der Waals surface area contributed by atoms with Crippen molar-refractivity contribution in [1.29, 1.82) is 0 Å². The zero-order valence-electron chi connectivity index (χ0n) is 27.9. The fourth-order valence-corrected chi connectivity index (χ4v) is 13.4. The van der Waals surface area contributed by atoms with Gasteiger partial charge in [0.05, 0.1) is 37.1 Å². The van der Waals surface area contributed by atoms with E-state index in [1.807, 2.05) is 0 Å². The lowest BCUT2D eigenvalue weighted by molar-refractivity contribution is -0.248. The Morgan fingerprint density at radius 3 is 2.43 bits per heavy atom. The van der Waals surface area contributed by atoms with Gasteiger partial charge in [0.2, 0.25) is 0 Å². The van der Waals surface area contributed by atoms with Gasteiger partial charge in [-0.15, -0.1) is 0 Å². The molecule has 7 fully saturated rings. The molecule has 2 N–H and O–H groups in total. The highest BCUT2D eigenvalue weighted by atomic mass is 16.7. The van der Waals surface area contributed by atoms with E-state index in [4.69, 9.17) is 14.2 Å². The summed E-state index contributed by atoms with van der Waals surface area (Å²) in [6.45, 7) is 22.5. The van der Waals surface area contributed by atoms with Crippen molar-refractivity contribution in [1.82, 2.24) is 4.90 Å². The summed E-state index contributed by atoms with van der Waals surface area (Å²) >= 11 is 0. The summed E-state index contributed by atoms with van der Waals surface area (Å²) in [7, 11) is 0. The second-order valence-electron chi connectivity index (χ2n) is 17.6. The number of rotatable bonds is 5. The van der Waals surface area contributed by atoms with Crippen molar-refractivity contribution >= 4 is 0 Å². The molecule has 6 heteroatoms. The molecule has 7 rings (SSSR count). The average Bonchev–Trinajstić information content (AvgIpc) is 3.59. The minimum Gasteiger partial charge on any atom is -0.390 e. The lowest BCUT2D eigenvalue weighted by Gasteiger charge is -2.64. The summed E-state index contributed by atoms with van der Waals surface area (Å²) < 4.78 is 19.7. The molecule has 5 saturated carbocycles. The van der Waals surface area contributed by atoms with Crippen LogP contribution in [0.5, 0.6) is 0 Å². The molecule has 2 spiro atoms. The topological polar surface area (TPSA) is 71.4 Å². The van der Waals surface area contributed by atoms with Crippen LogP contribution in [0.25, 0.3) is 0 Å². The Labute approximate surface area is 255 Å². The lowest BCUT2D eigenvalue weighted by Crippen LogP contribution is -2.60. The van der Waals surface area contributed by atoms with Crippen LogP contribution in [-0.2, 0) is 14.2 Å². The molecule has 2 heterocycles. The number of hydrogen-bond donors (Lipinski definition) is 2. The van der Waals surface area contributed by atoms with E-state index in [9.17, 15) is 10.2 Å². The van der Waals surface area contributed by atoms with Gasteiger partial charge >= 0.3 is 0 Å². The Morgan fingerprint density at radius 2 is 1.71 bits per heavy atom. The Balaban J connectivity index is 1.14. The summed E-state index contributed by atoms with van der Waals surface area (Å²) in [5.74, 6) is 2.17. The first-order chi connectivity index (χ1) is 19.8. The third-order valence-corrected chi connectivity index (χ3v) is 15.7. The first-order valence-electron chi connectivity index (χ1n) is 17.8. The van der Waals surface area contributed by atoms with Crippen LogP contribution in [0.4, 0.5) is 0 Å². The highest BCUT2D eigenvalue weighted by Crippen LogP contribution is 2.89. The maximum absolute atomic E-state index is 12.4. The highest BCUT2D eigenvalue weighted by Gasteiger charge is 2.84. The van der Waals surface area contributed by atoms with Gasteiger partial charge in [0.1, 0.15) is 0 Å². The Hall–Kier alpha value is -0.240. The van der Waals surface area contributed by atoms with Gasteiger partial charge in [-0.1, -0.05) is 55.4 Å². The van der Waals surface area contributed by atoms with Crippen molar-refractivity contribution in [2.75, 3.05) is 26.2 Å². The maximum atomic E-state index is 12.4. The van der Waals surface area contributed by atoms with Crippen LogP contribution < -0.4 is 0 Å². The van der Waals surface area contributed by atoms with Crippen molar-refractivity contribution in [3.05, 3.63) is 0 Å². The molecule has 42 heavy (non-hydrogen) atoms. The number of morpholine rings is 1. The molecule has 0 aromatic carbocycles. The minimum atomic E-state index is -0.471. The first-order valence-corrected chi connectivity index (χ1v) is 17.8. The molecular formula is C36H61NO5. The average molecular weight is 588 g/mol. The first kappa shape index (κ1) is 30.4. The second-order valence-corrected chi connectivity index (χ2v) is 17.6. The van der Waals surface area contributed by atoms with Gasteiger partial charge in [-0.25, -0.2) is 0 Å². The van der Waals surface area contributed by atoms with Crippen molar-refractivity contribution in [3.8, 4) is 0 Å². The van der Waals surface area contributed by atoms with Crippen LogP contribution in [-0.4, -0.2) is 78.2 Å². The Bertz CT molecular complexity index is 1050. The van der Waals surface area contributed by atoms with Gasteiger partial charge in [0.25, 0.3) is 0 Å². The van der Waals surface area contributed by atoms with E-state index in [0.717, 1.165) is 39.1 Å². The number of aliphatic hydroxyl groups excluding tert-OH is 2. The van der Waals surface area contributed by atoms with E-state index in [1.54, 1.807) is 0 Å². The standard InChI is InChI=1S/C36H61NO5/c1-9-37-16-17-40-27(19-37)42-26-12-13-35-20-36(35)15-14-33(7)28-22(4)18-23(29(38)21(2)3)41-30(28)31(39)34(33,8)25(36)11-10-24(35)32(26,5)6/h21-31,38-39H,9-20H2,1-8H3/t22-,23?,24+,25?,26?,27?,28+,29-,30?,31+,33-,34-,35-,36+/m1/s1. The summed E-state index contributed by atoms with van der Waals surface area (Å²) in [5, 5.41) is 23.4. The number of fused-ring (bicyclic) bond motifs is 4. The third kappa shape index (κ3) is 3.78. The number of hydrogen-bond acceptors (Lipinski definition) is 6. The van der Waals surface area contributed by atoms with Crippen LogP contribution in [0.1, 0.15) is 107 Å². The summed E-state index contributed by atoms with van der Waals surface area (Å²) in [5.41, 5.74) is 0.768. The van der Waals surface area contributed by atoms with Gasteiger partial charge in [-0.2, -0.15) is 0 Å². The summed E-state index contributed by atoms with van der Waals surface area (Å²) in [6.07, 6.45) is 8.44. The Morgan fingerprint density at radius 1 is 1.00 bits per heavy atom. The van der Waals surface area contributed by atoms with Gasteiger partial charge in [0.15, 0.2) is 6.29 Å². The fourth-order valence-electron chi connectivity index (χ4n) is 13.4. The minimum absolute atomic E-state index is 0.0656. The monoisotopic (exact) mass is 587 g/mol. The van der Waals surface area contributed by atoms with Gasteiger partial charge < -0.3 is 24.4 Å². The lowest BCUT2D eigenvalue weighted by atomic mass is 9.41. The molecule has 0 radical (unpaired) electrons. The van der Waals surface area contributed by atoms with Crippen molar-refractivity contribution in [2.24, 2.45) is 56.7 Å². The molecule has 0 bridgehead atoms. The molecule has 2 saturated heterocycles. The van der Waals surface area contributed by atoms with Gasteiger partial charge in [-0.05, 0) is 109 Å². The third-order valence-electron chi connectivity index (χ3n) is 15.7. The van der Waals surface area contributed by atoms with Crippen LogP contribution >= 0.6 is 0 Å². The molecular weight excluding hydrogens is 526 g/mol. The van der Waals surface area contributed by atoms with Crippen LogP contribution in [0.15, 0.2) is 0 Å². The quantitative estimate of drug-likeness (QED) is 0.419. The fraction of sp³-hybridized carbons (Fsp3) is 1.00. The molecule has 5 aliphatic carbocycles. The van der Waals surface area contributed by atoms with E-state index < -0.39 is 12.2 Å². The van der Waals surface area contributed by atoms with Crippen molar-refractivity contribution in [3.63, 3.8) is 0 Å². The largest absolute Gasteiger partial charge is 0.390 e. The predicted octanol–water partition coefficient (Wildman–Crippen LogP) is 5.88. The molecule has 5 unspecified atom stereocenters. The van der Waals surface area contributed by atoms with E-state index in [0.29, 0.717) is 34.5 Å². The molecule has 14 atom stereocenters. The Kier molecular flexibility index (Phi) is 7.15. The highest BCUT2D eigenvalue weighted by molar-refractivity contribution is 5.32. The summed E-state index contributed by atoms with van der Waals surface area (Å²) in [4.78, 5) is 2.45. The molecule has 6 nitrogen and oxygen atoms in total. The van der Waals surface area contributed by atoms with Crippen LogP contribution in [0.3, 0.4) is 0 Å². The van der Waals surface area contributed by atoms with E-state index in [2.05, 4.69) is 60.3 Å². The molecule has 0 aromatic heterocycles. The summed E-state index contributed by atoms with van der Waals surface area (Å²) in [6, 6.07) is 0. The van der Waals surface area contributed by atoms with E-state index >= 15 is 0 Å². The molecule has 0 amide bonds. The zero-order valence-corrected chi connectivity index (χ0v) is 27.9. The van der Waals surface area contributed by atoms with Gasteiger partial charge in [-0.3, -0.25) is 4.90 Å². The number of aliphatic hydroxyl groups is 2. The van der Waals surface area contributed by atoms with Crippen LogP contribution in [0.2, 0.25) is 0 Å². The van der Waals surface area contributed by atoms with Crippen molar-refractivity contribution in [2.45, 2.75) is 144 Å². The normalized spacial score (nSPS) is 55.6.